The minimum absolute atomic E-state index is 0.0545. The number of benzene rings is 2. The largest absolute Gasteiger partial charge is 0.494 e. The second-order valence-electron chi connectivity index (χ2n) is 6.35. The van der Waals surface area contributed by atoms with Crippen molar-refractivity contribution in [2.45, 2.75) is 19.9 Å². The molecule has 0 radical (unpaired) electrons. The van der Waals surface area contributed by atoms with Crippen LogP contribution in [0.4, 0.5) is 10.1 Å². The summed E-state index contributed by atoms with van der Waals surface area (Å²) in [4.78, 5) is 17.1. The summed E-state index contributed by atoms with van der Waals surface area (Å²) in [6.07, 6.45) is 1.38. The van der Waals surface area contributed by atoms with E-state index in [1.807, 2.05) is 36.4 Å². The fourth-order valence-electron chi connectivity index (χ4n) is 3.00. The van der Waals surface area contributed by atoms with E-state index in [9.17, 15) is 19.6 Å². The Balaban J connectivity index is 2.17. The molecule has 3 rings (SSSR count). The Bertz CT molecular complexity index is 1130. The Kier molecular flexibility index (Phi) is 5.37. The first-order valence-corrected chi connectivity index (χ1v) is 8.66. The molecule has 1 atom stereocenters. The van der Waals surface area contributed by atoms with Crippen molar-refractivity contribution in [2.75, 3.05) is 0 Å². The van der Waals surface area contributed by atoms with E-state index in [0.29, 0.717) is 11.3 Å². The minimum atomic E-state index is -0.562. The Hall–Kier alpha value is -3.72. The van der Waals surface area contributed by atoms with Crippen molar-refractivity contribution < 1.29 is 9.50 Å². The molecular formula is C22H18FN3O2. The molecule has 0 bridgehead atoms. The summed E-state index contributed by atoms with van der Waals surface area (Å²) in [6, 6.07) is 16.2. The molecule has 1 heterocycles. The van der Waals surface area contributed by atoms with Gasteiger partial charge in [0.25, 0.3) is 5.56 Å². The fourth-order valence-corrected chi connectivity index (χ4v) is 3.00. The summed E-state index contributed by atoms with van der Waals surface area (Å²) >= 11 is 0. The number of hydrogen-bond donors (Lipinski definition) is 1. The number of nitriles is 1. The first kappa shape index (κ1) is 19.1. The van der Waals surface area contributed by atoms with E-state index < -0.39 is 11.6 Å². The lowest BCUT2D eigenvalue weighted by molar-refractivity contribution is 0.393. The summed E-state index contributed by atoms with van der Waals surface area (Å²) in [5.74, 6) is -0.654. The zero-order valence-corrected chi connectivity index (χ0v) is 15.4. The number of aromatic hydroxyl groups is 1. The van der Waals surface area contributed by atoms with Crippen molar-refractivity contribution in [1.29, 1.82) is 5.26 Å². The molecule has 0 amide bonds. The van der Waals surface area contributed by atoms with Gasteiger partial charge in [0.2, 0.25) is 5.88 Å². The van der Waals surface area contributed by atoms with Crippen LogP contribution in [0.15, 0.2) is 64.4 Å². The van der Waals surface area contributed by atoms with Crippen LogP contribution in [0.2, 0.25) is 0 Å². The molecule has 0 aliphatic heterocycles. The molecule has 1 aromatic heterocycles. The summed E-state index contributed by atoms with van der Waals surface area (Å²) in [6.45, 7) is 3.36. The summed E-state index contributed by atoms with van der Waals surface area (Å²) < 4.78 is 14.2. The van der Waals surface area contributed by atoms with Gasteiger partial charge in [0.1, 0.15) is 17.4 Å². The van der Waals surface area contributed by atoms with Crippen LogP contribution in [-0.2, 0) is 0 Å². The van der Waals surface area contributed by atoms with Crippen LogP contribution in [0.1, 0.15) is 35.2 Å². The normalized spacial score (nSPS) is 12.1. The van der Waals surface area contributed by atoms with Gasteiger partial charge in [-0.2, -0.15) is 5.26 Å². The van der Waals surface area contributed by atoms with Gasteiger partial charge in [-0.05, 0) is 49.2 Å². The fraction of sp³-hybridized carbons (Fsp3) is 0.136. The smallest absolute Gasteiger partial charge is 0.272 e. The van der Waals surface area contributed by atoms with Gasteiger partial charge < -0.3 is 5.11 Å². The SMILES string of the molecule is Cc1c(C=Nc2ccc(F)cc2)c(O)n(C(C)c2ccccc2)c(=O)c1C#N. The highest BCUT2D eigenvalue weighted by Crippen LogP contribution is 2.27. The van der Waals surface area contributed by atoms with Crippen LogP contribution in [0.3, 0.4) is 0 Å². The van der Waals surface area contributed by atoms with E-state index in [2.05, 4.69) is 4.99 Å². The number of pyridine rings is 1. The Labute approximate surface area is 161 Å². The lowest BCUT2D eigenvalue weighted by Crippen LogP contribution is -2.28. The van der Waals surface area contributed by atoms with E-state index in [-0.39, 0.29) is 22.8 Å². The first-order valence-electron chi connectivity index (χ1n) is 8.66. The number of halogens is 1. The molecule has 1 unspecified atom stereocenters. The number of rotatable bonds is 4. The standard InChI is InChI=1S/C22H18FN3O2/c1-14-19(12-24)21(27)26(15(2)16-6-4-3-5-7-16)22(28)20(14)13-25-18-10-8-17(23)9-11-18/h3-11,13,15,28H,1-2H3. The second-order valence-corrected chi connectivity index (χ2v) is 6.35. The molecule has 28 heavy (non-hydrogen) atoms. The second kappa shape index (κ2) is 7.89. The van der Waals surface area contributed by atoms with Gasteiger partial charge in [0.15, 0.2) is 0 Å². The van der Waals surface area contributed by atoms with E-state index in [4.69, 9.17) is 0 Å². The Morgan fingerprint density at radius 1 is 1.18 bits per heavy atom. The molecule has 0 aliphatic rings. The summed E-state index contributed by atoms with van der Waals surface area (Å²) in [7, 11) is 0. The van der Waals surface area contributed by atoms with Gasteiger partial charge in [0, 0.05) is 6.21 Å². The van der Waals surface area contributed by atoms with Gasteiger partial charge in [-0.3, -0.25) is 14.4 Å². The maximum absolute atomic E-state index is 13.1. The molecule has 0 saturated carbocycles. The van der Waals surface area contributed by atoms with Crippen molar-refractivity contribution in [3.8, 4) is 11.9 Å². The highest BCUT2D eigenvalue weighted by Gasteiger charge is 2.22. The molecule has 1 N–H and O–H groups in total. The van der Waals surface area contributed by atoms with Crippen LogP contribution in [0.5, 0.6) is 5.88 Å². The third-order valence-corrected chi connectivity index (χ3v) is 4.63. The quantitative estimate of drug-likeness (QED) is 0.693. The molecule has 6 heteroatoms. The van der Waals surface area contributed by atoms with Gasteiger partial charge in [-0.15, -0.1) is 0 Å². The molecule has 0 aliphatic carbocycles. The van der Waals surface area contributed by atoms with Gasteiger partial charge in [-0.1, -0.05) is 30.3 Å². The lowest BCUT2D eigenvalue weighted by Gasteiger charge is -2.20. The van der Waals surface area contributed by atoms with Crippen molar-refractivity contribution >= 4 is 11.9 Å². The van der Waals surface area contributed by atoms with Crippen LogP contribution in [0.25, 0.3) is 0 Å². The highest BCUT2D eigenvalue weighted by atomic mass is 19.1. The summed E-state index contributed by atoms with van der Waals surface area (Å²) in [5, 5.41) is 20.3. The predicted molar refractivity (Wildman–Crippen MR) is 106 cm³/mol. The number of aromatic nitrogens is 1. The molecule has 0 saturated heterocycles. The zero-order chi connectivity index (χ0) is 20.3. The average molecular weight is 375 g/mol. The molecule has 0 fully saturated rings. The maximum atomic E-state index is 13.1. The number of aliphatic imine (C=N–C) groups is 1. The topological polar surface area (TPSA) is 78.4 Å². The van der Waals surface area contributed by atoms with Gasteiger partial charge in [-0.25, -0.2) is 4.39 Å². The molecular weight excluding hydrogens is 357 g/mol. The highest BCUT2D eigenvalue weighted by molar-refractivity contribution is 5.87. The van der Waals surface area contributed by atoms with Crippen LogP contribution < -0.4 is 5.56 Å². The Morgan fingerprint density at radius 3 is 2.43 bits per heavy atom. The van der Waals surface area contributed by atoms with E-state index in [1.165, 1.54) is 35.0 Å². The van der Waals surface area contributed by atoms with Crippen molar-refractivity contribution in [2.24, 2.45) is 4.99 Å². The first-order chi connectivity index (χ1) is 13.4. The molecule has 5 nitrogen and oxygen atoms in total. The van der Waals surface area contributed by atoms with Crippen molar-refractivity contribution in [3.05, 3.63) is 93.0 Å². The Morgan fingerprint density at radius 2 is 1.82 bits per heavy atom. The van der Waals surface area contributed by atoms with E-state index in [1.54, 1.807) is 13.8 Å². The van der Waals surface area contributed by atoms with Crippen molar-refractivity contribution in [3.63, 3.8) is 0 Å². The van der Waals surface area contributed by atoms with Gasteiger partial charge in [0.05, 0.1) is 17.3 Å². The summed E-state index contributed by atoms with van der Waals surface area (Å²) in [5.41, 5.74) is 1.28. The van der Waals surface area contributed by atoms with Gasteiger partial charge >= 0.3 is 0 Å². The molecule has 140 valence electrons. The van der Waals surface area contributed by atoms with Crippen LogP contribution in [-0.4, -0.2) is 15.9 Å². The minimum Gasteiger partial charge on any atom is -0.494 e. The maximum Gasteiger partial charge on any atom is 0.272 e. The molecule has 0 spiro atoms. The third kappa shape index (κ3) is 3.55. The van der Waals surface area contributed by atoms with Crippen LogP contribution in [0, 0.1) is 24.1 Å². The molecule has 2 aromatic carbocycles. The predicted octanol–water partition coefficient (Wildman–Crippen LogP) is 4.23. The third-order valence-electron chi connectivity index (χ3n) is 4.63. The lowest BCUT2D eigenvalue weighted by atomic mass is 10.0. The molecule has 3 aromatic rings. The average Bonchev–Trinajstić information content (AvgIpc) is 2.70. The number of hydrogen-bond acceptors (Lipinski definition) is 4. The van der Waals surface area contributed by atoms with Crippen molar-refractivity contribution in [1.82, 2.24) is 4.57 Å². The van der Waals surface area contributed by atoms with Crippen LogP contribution >= 0.6 is 0 Å². The van der Waals surface area contributed by atoms with E-state index >= 15 is 0 Å². The zero-order valence-electron chi connectivity index (χ0n) is 15.4. The van der Waals surface area contributed by atoms with E-state index in [0.717, 1.165) is 5.56 Å². The number of nitrogens with zero attached hydrogens (tertiary/aromatic N) is 3. The monoisotopic (exact) mass is 375 g/mol.